The van der Waals surface area contributed by atoms with E-state index in [-0.39, 0.29) is 0 Å². The van der Waals surface area contributed by atoms with Crippen molar-refractivity contribution in [3.63, 3.8) is 0 Å². The fourth-order valence-electron chi connectivity index (χ4n) is 4.23. The zero-order valence-electron chi connectivity index (χ0n) is 12.2. The molecule has 0 N–H and O–H groups in total. The van der Waals surface area contributed by atoms with Gasteiger partial charge in [0.05, 0.1) is 0 Å². The van der Waals surface area contributed by atoms with Gasteiger partial charge in [0.1, 0.15) is 0 Å². The molecule has 2 unspecified atom stereocenters. The maximum atomic E-state index is 3.85. The summed E-state index contributed by atoms with van der Waals surface area (Å²) in [6.07, 6.45) is 17.9. The van der Waals surface area contributed by atoms with Crippen LogP contribution in [0, 0.1) is 17.8 Å². The molecule has 2 aliphatic carbocycles. The van der Waals surface area contributed by atoms with Gasteiger partial charge >= 0.3 is 0 Å². The monoisotopic (exact) mass is 314 g/mol. The lowest BCUT2D eigenvalue weighted by Crippen LogP contribution is -2.26. The Kier molecular flexibility index (Phi) is 6.55. The van der Waals surface area contributed by atoms with Crippen LogP contribution in [0.1, 0.15) is 84.0 Å². The molecule has 2 rings (SSSR count). The van der Waals surface area contributed by atoms with Gasteiger partial charge in [-0.3, -0.25) is 0 Å². The van der Waals surface area contributed by atoms with Crippen molar-refractivity contribution in [1.29, 1.82) is 0 Å². The van der Waals surface area contributed by atoms with Crippen LogP contribution in [-0.4, -0.2) is 4.83 Å². The van der Waals surface area contributed by atoms with E-state index in [2.05, 4.69) is 22.9 Å². The van der Waals surface area contributed by atoms with Crippen LogP contribution in [0.2, 0.25) is 0 Å². The number of alkyl halides is 1. The smallest absolute Gasteiger partial charge is 0.0148 e. The minimum Gasteiger partial charge on any atom is -0.0891 e. The molecule has 0 aliphatic heterocycles. The van der Waals surface area contributed by atoms with Crippen molar-refractivity contribution >= 4 is 15.9 Å². The van der Waals surface area contributed by atoms with Gasteiger partial charge in [0.15, 0.2) is 0 Å². The second-order valence-electron chi connectivity index (χ2n) is 6.80. The van der Waals surface area contributed by atoms with Gasteiger partial charge in [0.2, 0.25) is 0 Å². The molecular formula is C17H31Br. The molecule has 2 aliphatic rings. The van der Waals surface area contributed by atoms with Crippen LogP contribution in [0.5, 0.6) is 0 Å². The number of hydrogen-bond donors (Lipinski definition) is 0. The largest absolute Gasteiger partial charge is 0.0891 e. The molecule has 106 valence electrons. The molecule has 0 spiro atoms. The fraction of sp³-hybridized carbons (Fsp3) is 1.00. The molecule has 1 heteroatoms. The predicted octanol–water partition coefficient (Wildman–Crippen LogP) is 6.33. The summed E-state index contributed by atoms with van der Waals surface area (Å²) < 4.78 is 0. The van der Waals surface area contributed by atoms with Crippen LogP contribution in [0.25, 0.3) is 0 Å². The summed E-state index contributed by atoms with van der Waals surface area (Å²) >= 11 is 3.85. The molecule has 0 saturated heterocycles. The minimum atomic E-state index is 0.832. The van der Waals surface area contributed by atoms with Gasteiger partial charge in [-0.15, -0.1) is 0 Å². The maximum absolute atomic E-state index is 3.85. The highest BCUT2D eigenvalue weighted by molar-refractivity contribution is 9.09. The van der Waals surface area contributed by atoms with Gasteiger partial charge in [-0.1, -0.05) is 74.2 Å². The summed E-state index contributed by atoms with van der Waals surface area (Å²) in [5.74, 6) is 3.21. The van der Waals surface area contributed by atoms with Gasteiger partial charge in [0, 0.05) is 4.83 Å². The summed E-state index contributed by atoms with van der Waals surface area (Å²) in [5.41, 5.74) is 0. The van der Waals surface area contributed by atoms with Crippen LogP contribution < -0.4 is 0 Å². The van der Waals surface area contributed by atoms with E-state index in [0.717, 1.165) is 22.6 Å². The molecule has 0 aromatic rings. The van der Waals surface area contributed by atoms with E-state index in [1.54, 1.807) is 12.8 Å². The summed E-state index contributed by atoms with van der Waals surface area (Å²) in [6, 6.07) is 0. The van der Waals surface area contributed by atoms with Crippen molar-refractivity contribution in [2.24, 2.45) is 17.8 Å². The Balaban J connectivity index is 1.66. The molecule has 0 heterocycles. The van der Waals surface area contributed by atoms with Gasteiger partial charge < -0.3 is 0 Å². The third-order valence-corrected chi connectivity index (χ3v) is 6.26. The normalized spacial score (nSPS) is 37.7. The molecule has 0 aromatic carbocycles. The second kappa shape index (κ2) is 7.92. The first kappa shape index (κ1) is 14.9. The molecular weight excluding hydrogens is 284 g/mol. The SMILES string of the molecule is CCCCCC1CCC(C2CCCC(Br)C2)CC1. The molecule has 0 bridgehead atoms. The second-order valence-corrected chi connectivity index (χ2v) is 8.10. The highest BCUT2D eigenvalue weighted by Crippen LogP contribution is 2.42. The lowest BCUT2D eigenvalue weighted by Gasteiger charge is -2.37. The van der Waals surface area contributed by atoms with E-state index >= 15 is 0 Å². The first-order valence-corrected chi connectivity index (χ1v) is 9.35. The van der Waals surface area contributed by atoms with Crippen LogP contribution >= 0.6 is 15.9 Å². The Hall–Kier alpha value is 0.480. The summed E-state index contributed by atoms with van der Waals surface area (Å²) in [7, 11) is 0. The molecule has 0 nitrogen and oxygen atoms in total. The minimum absolute atomic E-state index is 0.832. The van der Waals surface area contributed by atoms with Crippen molar-refractivity contribution < 1.29 is 0 Å². The molecule has 0 radical (unpaired) electrons. The first-order valence-electron chi connectivity index (χ1n) is 8.43. The van der Waals surface area contributed by atoms with E-state index in [1.807, 2.05) is 0 Å². The fourth-order valence-corrected chi connectivity index (χ4v) is 5.03. The summed E-state index contributed by atoms with van der Waals surface area (Å²) in [5, 5.41) is 0. The Morgan fingerprint density at radius 1 is 0.889 bits per heavy atom. The average Bonchev–Trinajstić information content (AvgIpc) is 2.40. The van der Waals surface area contributed by atoms with E-state index in [4.69, 9.17) is 0 Å². The molecule has 2 atom stereocenters. The Morgan fingerprint density at radius 3 is 2.33 bits per heavy atom. The van der Waals surface area contributed by atoms with Gasteiger partial charge in [-0.2, -0.15) is 0 Å². The third kappa shape index (κ3) is 4.54. The average molecular weight is 315 g/mol. The Morgan fingerprint density at radius 2 is 1.67 bits per heavy atom. The lowest BCUT2D eigenvalue weighted by molar-refractivity contribution is 0.165. The third-order valence-electron chi connectivity index (χ3n) is 5.42. The van der Waals surface area contributed by atoms with Crippen LogP contribution in [-0.2, 0) is 0 Å². The molecule has 0 amide bonds. The number of halogens is 1. The van der Waals surface area contributed by atoms with Crippen molar-refractivity contribution in [1.82, 2.24) is 0 Å². The van der Waals surface area contributed by atoms with Crippen molar-refractivity contribution in [3.8, 4) is 0 Å². The highest BCUT2D eigenvalue weighted by atomic mass is 79.9. The topological polar surface area (TPSA) is 0 Å². The van der Waals surface area contributed by atoms with E-state index in [1.165, 1.54) is 64.2 Å². The van der Waals surface area contributed by atoms with Gasteiger partial charge in [0.25, 0.3) is 0 Å². The summed E-state index contributed by atoms with van der Waals surface area (Å²) in [6.45, 7) is 2.32. The van der Waals surface area contributed by atoms with E-state index < -0.39 is 0 Å². The number of rotatable bonds is 5. The Labute approximate surface area is 122 Å². The molecule has 0 aromatic heterocycles. The standard InChI is InChI=1S/C17H31Br/c1-2-3-4-6-14-9-11-15(12-10-14)16-7-5-8-17(18)13-16/h14-17H,2-13H2,1H3. The lowest BCUT2D eigenvalue weighted by atomic mass is 9.70. The Bertz CT molecular complexity index is 218. The van der Waals surface area contributed by atoms with Crippen LogP contribution in [0.3, 0.4) is 0 Å². The highest BCUT2D eigenvalue weighted by Gasteiger charge is 2.30. The van der Waals surface area contributed by atoms with E-state index in [9.17, 15) is 0 Å². The summed E-state index contributed by atoms with van der Waals surface area (Å²) in [4.78, 5) is 0.832. The number of unbranched alkanes of at least 4 members (excludes halogenated alkanes) is 2. The van der Waals surface area contributed by atoms with Crippen LogP contribution in [0.4, 0.5) is 0 Å². The zero-order valence-corrected chi connectivity index (χ0v) is 13.8. The van der Waals surface area contributed by atoms with Gasteiger partial charge in [-0.05, 0) is 43.4 Å². The molecule has 2 fully saturated rings. The quantitative estimate of drug-likeness (QED) is 0.411. The first-order chi connectivity index (χ1) is 8.79. The van der Waals surface area contributed by atoms with Crippen molar-refractivity contribution in [3.05, 3.63) is 0 Å². The van der Waals surface area contributed by atoms with Crippen molar-refractivity contribution in [2.75, 3.05) is 0 Å². The van der Waals surface area contributed by atoms with Crippen molar-refractivity contribution in [2.45, 2.75) is 88.8 Å². The predicted molar refractivity (Wildman–Crippen MR) is 84.3 cm³/mol. The molecule has 18 heavy (non-hydrogen) atoms. The van der Waals surface area contributed by atoms with Crippen LogP contribution in [0.15, 0.2) is 0 Å². The van der Waals surface area contributed by atoms with E-state index in [0.29, 0.717) is 0 Å². The van der Waals surface area contributed by atoms with Gasteiger partial charge in [-0.25, -0.2) is 0 Å². The molecule has 2 saturated carbocycles. The maximum Gasteiger partial charge on any atom is 0.0148 e. The number of hydrogen-bond acceptors (Lipinski definition) is 0. The zero-order chi connectivity index (χ0) is 12.8.